The van der Waals surface area contributed by atoms with E-state index in [0.29, 0.717) is 19.8 Å². The molecule has 0 radical (unpaired) electrons. The fourth-order valence-electron chi connectivity index (χ4n) is 8.30. The van der Waals surface area contributed by atoms with Crippen LogP contribution in [-0.2, 0) is 82.3 Å². The lowest BCUT2D eigenvalue weighted by Gasteiger charge is -2.49. The second kappa shape index (κ2) is 26.1. The second-order valence-electron chi connectivity index (χ2n) is 16.7. The third-order valence-corrected chi connectivity index (χ3v) is 12.8. The predicted octanol–water partition coefficient (Wildman–Crippen LogP) is 9.71. The molecule has 0 aromatic heterocycles. The fourth-order valence-corrected chi connectivity index (χ4v) is 9.28. The SMILES string of the molecule is CCS[C@@H]1O[C@H](COCc2ccccc2)[C@@H](O[C@@H]2O[C@H](COCc3ccccc3)[C@H](O)[C@H](OCc3ccccc3)[C@H]2OCc2ccccc2)[C@H](OCc2ccccc2)[C@H]1OCc1ccccc1. The summed E-state index contributed by atoms with van der Waals surface area (Å²) in [4.78, 5) is 0. The molecular formula is C56H62O10S. The molecular weight excluding hydrogens is 865 g/mol. The normalized spacial score (nSPS) is 25.2. The highest BCUT2D eigenvalue weighted by Crippen LogP contribution is 2.38. The highest BCUT2D eigenvalue weighted by atomic mass is 32.2. The second-order valence-corrected chi connectivity index (χ2v) is 18.1. The monoisotopic (exact) mass is 926 g/mol. The van der Waals surface area contributed by atoms with E-state index in [1.165, 1.54) is 0 Å². The van der Waals surface area contributed by atoms with Gasteiger partial charge in [0.25, 0.3) is 0 Å². The molecule has 2 heterocycles. The molecule has 11 heteroatoms. The van der Waals surface area contributed by atoms with Crippen LogP contribution in [0.25, 0.3) is 0 Å². The average molecular weight is 927 g/mol. The summed E-state index contributed by atoms with van der Waals surface area (Å²) in [6.07, 6.45) is -7.67. The minimum atomic E-state index is -1.15. The molecule has 0 spiro atoms. The number of hydrogen-bond acceptors (Lipinski definition) is 11. The summed E-state index contributed by atoms with van der Waals surface area (Å²) in [5, 5.41) is 12.3. The Morgan fingerprint density at radius 1 is 0.403 bits per heavy atom. The smallest absolute Gasteiger partial charge is 0.187 e. The molecule has 6 aromatic rings. The van der Waals surface area contributed by atoms with Crippen molar-refractivity contribution in [2.45, 2.75) is 107 Å². The fraction of sp³-hybridized carbons (Fsp3) is 0.357. The molecule has 67 heavy (non-hydrogen) atoms. The van der Waals surface area contributed by atoms with Gasteiger partial charge in [-0.15, -0.1) is 11.8 Å². The maximum absolute atomic E-state index is 12.3. The van der Waals surface area contributed by atoms with E-state index in [0.717, 1.165) is 39.1 Å². The van der Waals surface area contributed by atoms with Crippen LogP contribution >= 0.6 is 11.8 Å². The number of aliphatic hydroxyl groups is 1. The van der Waals surface area contributed by atoms with Gasteiger partial charge in [0.2, 0.25) is 0 Å². The molecule has 0 amide bonds. The van der Waals surface area contributed by atoms with E-state index in [9.17, 15) is 5.11 Å². The molecule has 0 saturated carbocycles. The van der Waals surface area contributed by atoms with Crippen molar-refractivity contribution in [2.75, 3.05) is 19.0 Å². The van der Waals surface area contributed by atoms with E-state index in [1.54, 1.807) is 11.8 Å². The summed E-state index contributed by atoms with van der Waals surface area (Å²) in [5.41, 5.74) is 5.51. The summed E-state index contributed by atoms with van der Waals surface area (Å²) in [5.74, 6) is 0.772. The van der Waals surface area contributed by atoms with E-state index < -0.39 is 60.6 Å². The molecule has 10 atom stereocenters. The third kappa shape index (κ3) is 14.4. The lowest BCUT2D eigenvalue weighted by molar-refractivity contribution is -0.356. The first-order valence-corrected chi connectivity index (χ1v) is 24.3. The van der Waals surface area contributed by atoms with Gasteiger partial charge in [-0.3, -0.25) is 0 Å². The Hall–Kier alpha value is -4.73. The minimum Gasteiger partial charge on any atom is -0.387 e. The first-order chi connectivity index (χ1) is 33.1. The van der Waals surface area contributed by atoms with E-state index in [1.807, 2.05) is 182 Å². The zero-order chi connectivity index (χ0) is 45.9. The maximum Gasteiger partial charge on any atom is 0.187 e. The lowest BCUT2D eigenvalue weighted by atomic mass is 9.96. The molecule has 0 unspecified atom stereocenters. The Balaban J connectivity index is 1.16. The van der Waals surface area contributed by atoms with E-state index >= 15 is 0 Å². The molecule has 2 aliphatic heterocycles. The highest BCUT2D eigenvalue weighted by molar-refractivity contribution is 7.99. The number of ether oxygens (including phenoxy) is 9. The number of thioether (sulfide) groups is 1. The Bertz CT molecular complexity index is 2250. The Labute approximate surface area is 399 Å². The van der Waals surface area contributed by atoms with Crippen molar-refractivity contribution in [3.8, 4) is 0 Å². The Morgan fingerprint density at radius 2 is 0.761 bits per heavy atom. The van der Waals surface area contributed by atoms with Crippen LogP contribution in [0.4, 0.5) is 0 Å². The van der Waals surface area contributed by atoms with Gasteiger partial charge in [0.15, 0.2) is 6.29 Å². The van der Waals surface area contributed by atoms with Crippen molar-refractivity contribution in [3.63, 3.8) is 0 Å². The Kier molecular flexibility index (Phi) is 19.0. The maximum atomic E-state index is 12.3. The van der Waals surface area contributed by atoms with Gasteiger partial charge in [0, 0.05) is 0 Å². The van der Waals surface area contributed by atoms with Gasteiger partial charge in [-0.05, 0) is 39.1 Å². The van der Waals surface area contributed by atoms with E-state index in [4.69, 9.17) is 42.6 Å². The van der Waals surface area contributed by atoms with Crippen LogP contribution < -0.4 is 0 Å². The van der Waals surface area contributed by atoms with Crippen LogP contribution in [0.15, 0.2) is 182 Å². The van der Waals surface area contributed by atoms with Gasteiger partial charge in [-0.1, -0.05) is 189 Å². The van der Waals surface area contributed by atoms with Crippen LogP contribution in [0.2, 0.25) is 0 Å². The summed E-state index contributed by atoms with van der Waals surface area (Å²) in [7, 11) is 0. The topological polar surface area (TPSA) is 103 Å². The number of aliphatic hydroxyl groups excluding tert-OH is 1. The summed E-state index contributed by atoms with van der Waals surface area (Å²) >= 11 is 1.66. The molecule has 2 aliphatic rings. The standard InChI is InChI=1S/C56H62O10S/c1-2-67-56-54(63-38-46-31-19-8-20-32-46)52(61-36-44-27-15-6-16-28-44)50(48(65-56)40-59-34-42-23-11-4-12-24-42)66-55-53(62-37-45-29-17-7-18-30-45)51(60-35-43-25-13-5-14-26-43)49(57)47(64-55)39-58-33-41-21-9-3-10-22-41/h3-32,47-57H,2,33-40H2,1H3/t47-,48-,49+,50-,51+,52+,53-,54-,55+,56+/m1/s1. The summed E-state index contributed by atoms with van der Waals surface area (Å²) in [6.45, 7) is 4.08. The number of hydrogen-bond donors (Lipinski definition) is 1. The van der Waals surface area contributed by atoms with E-state index in [-0.39, 0.29) is 33.0 Å². The predicted molar refractivity (Wildman–Crippen MR) is 259 cm³/mol. The van der Waals surface area contributed by atoms with Crippen molar-refractivity contribution in [2.24, 2.45) is 0 Å². The van der Waals surface area contributed by atoms with Crippen LogP contribution in [0.3, 0.4) is 0 Å². The highest BCUT2D eigenvalue weighted by Gasteiger charge is 2.54. The largest absolute Gasteiger partial charge is 0.387 e. The first kappa shape index (κ1) is 48.7. The molecule has 6 aromatic carbocycles. The minimum absolute atomic E-state index is 0.0588. The van der Waals surface area contributed by atoms with Crippen molar-refractivity contribution >= 4 is 11.8 Å². The number of benzene rings is 6. The van der Waals surface area contributed by atoms with Crippen molar-refractivity contribution in [3.05, 3.63) is 215 Å². The first-order valence-electron chi connectivity index (χ1n) is 23.2. The summed E-state index contributed by atoms with van der Waals surface area (Å²) in [6, 6.07) is 59.9. The van der Waals surface area contributed by atoms with Gasteiger partial charge >= 0.3 is 0 Å². The zero-order valence-corrected chi connectivity index (χ0v) is 38.8. The molecule has 0 aliphatic carbocycles. The van der Waals surface area contributed by atoms with Crippen LogP contribution in [0.5, 0.6) is 0 Å². The van der Waals surface area contributed by atoms with E-state index in [2.05, 4.69) is 6.92 Å². The molecule has 1 N–H and O–H groups in total. The zero-order valence-electron chi connectivity index (χ0n) is 38.0. The molecule has 2 saturated heterocycles. The van der Waals surface area contributed by atoms with Crippen LogP contribution in [0.1, 0.15) is 40.3 Å². The molecule has 2 fully saturated rings. The van der Waals surface area contributed by atoms with Crippen molar-refractivity contribution < 1.29 is 47.7 Å². The van der Waals surface area contributed by atoms with Gasteiger partial charge in [0.1, 0.15) is 54.3 Å². The lowest BCUT2D eigenvalue weighted by Crippen LogP contribution is -2.65. The quantitative estimate of drug-likeness (QED) is 0.0628. The van der Waals surface area contributed by atoms with Crippen molar-refractivity contribution in [1.29, 1.82) is 0 Å². The number of rotatable bonds is 24. The molecule has 0 bridgehead atoms. The summed E-state index contributed by atoms with van der Waals surface area (Å²) < 4.78 is 61.6. The van der Waals surface area contributed by atoms with Crippen molar-refractivity contribution in [1.82, 2.24) is 0 Å². The van der Waals surface area contributed by atoms with Gasteiger partial charge in [-0.2, -0.15) is 0 Å². The van der Waals surface area contributed by atoms with Crippen LogP contribution in [-0.4, -0.2) is 84.6 Å². The molecule has 8 rings (SSSR count). The molecule has 10 nitrogen and oxygen atoms in total. The molecule has 352 valence electrons. The van der Waals surface area contributed by atoms with Gasteiger partial charge < -0.3 is 47.7 Å². The Morgan fingerprint density at radius 3 is 1.18 bits per heavy atom. The van der Waals surface area contributed by atoms with Crippen LogP contribution in [0, 0.1) is 0 Å². The van der Waals surface area contributed by atoms with Gasteiger partial charge in [0.05, 0.1) is 52.9 Å². The third-order valence-electron chi connectivity index (χ3n) is 11.8. The average Bonchev–Trinajstić information content (AvgIpc) is 3.38. The van der Waals surface area contributed by atoms with Gasteiger partial charge in [-0.25, -0.2) is 0 Å².